The minimum absolute atomic E-state index is 0.115. The van der Waals surface area contributed by atoms with Crippen LogP contribution in [0.3, 0.4) is 0 Å². The average molecular weight is 264 g/mol. The van der Waals surface area contributed by atoms with Crippen molar-refractivity contribution in [3.8, 4) is 5.82 Å². The second kappa shape index (κ2) is 4.40. The first-order chi connectivity index (χ1) is 8.91. The summed E-state index contributed by atoms with van der Waals surface area (Å²) in [7, 11) is 0. The molecule has 0 aliphatic heterocycles. The Balaban J connectivity index is 2.64. The van der Waals surface area contributed by atoms with Crippen LogP contribution in [0, 0.1) is 24.0 Å². The van der Waals surface area contributed by atoms with Gasteiger partial charge in [-0.2, -0.15) is 5.10 Å². The molecule has 10 heteroatoms. The summed E-state index contributed by atoms with van der Waals surface area (Å²) in [6.45, 7) is 3.19. The summed E-state index contributed by atoms with van der Waals surface area (Å²) in [5.41, 5.74) is 0.749. The highest BCUT2D eigenvalue weighted by Gasteiger charge is 2.23. The Bertz CT molecular complexity index is 679. The van der Waals surface area contributed by atoms with Crippen LogP contribution in [0.2, 0.25) is 0 Å². The molecule has 1 N–H and O–H groups in total. The van der Waals surface area contributed by atoms with E-state index in [4.69, 9.17) is 0 Å². The summed E-state index contributed by atoms with van der Waals surface area (Å²) < 4.78 is 0.918. The molecule has 0 aromatic carbocycles. The summed E-state index contributed by atoms with van der Waals surface area (Å²) in [5, 5.41) is 30.7. The van der Waals surface area contributed by atoms with E-state index >= 15 is 0 Å². The molecule has 0 amide bonds. The highest BCUT2D eigenvalue weighted by Crippen LogP contribution is 2.17. The van der Waals surface area contributed by atoms with Gasteiger partial charge in [-0.25, -0.2) is 4.79 Å². The number of aromatic nitrogens is 5. The molecule has 0 atom stereocenters. The number of carboxylic acid groups (broad SMARTS) is 1. The molecule has 2 rings (SSSR count). The number of hydrogen-bond acceptors (Lipinski definition) is 7. The van der Waals surface area contributed by atoms with Crippen LogP contribution in [0.15, 0.2) is 6.33 Å². The summed E-state index contributed by atoms with van der Waals surface area (Å²) in [4.78, 5) is 24.4. The summed E-state index contributed by atoms with van der Waals surface area (Å²) >= 11 is 0. The Morgan fingerprint density at radius 2 is 2.11 bits per heavy atom. The third kappa shape index (κ3) is 2.10. The first kappa shape index (κ1) is 12.5. The SMILES string of the molecule is Cc1nnc(-n2cnc([N+](=O)[O-])n2)c(C(=O)O)c1C. The monoisotopic (exact) mass is 264 g/mol. The van der Waals surface area contributed by atoms with Crippen molar-refractivity contribution in [3.05, 3.63) is 33.3 Å². The summed E-state index contributed by atoms with van der Waals surface area (Å²) in [5.74, 6) is -1.98. The van der Waals surface area contributed by atoms with Gasteiger partial charge in [-0.1, -0.05) is 4.98 Å². The van der Waals surface area contributed by atoms with Crippen LogP contribution in [-0.2, 0) is 0 Å². The first-order valence-corrected chi connectivity index (χ1v) is 5.05. The minimum atomic E-state index is -1.22. The minimum Gasteiger partial charge on any atom is -0.478 e. The second-order valence-corrected chi connectivity index (χ2v) is 3.66. The largest absolute Gasteiger partial charge is 0.491 e. The van der Waals surface area contributed by atoms with Gasteiger partial charge in [0.1, 0.15) is 5.56 Å². The number of aromatic carboxylic acids is 1. The van der Waals surface area contributed by atoms with Crippen LogP contribution >= 0.6 is 0 Å². The maximum absolute atomic E-state index is 11.2. The van der Waals surface area contributed by atoms with Gasteiger partial charge in [0.2, 0.25) is 12.1 Å². The van der Waals surface area contributed by atoms with Gasteiger partial charge in [0.25, 0.3) is 0 Å². The fourth-order valence-electron chi connectivity index (χ4n) is 1.45. The summed E-state index contributed by atoms with van der Waals surface area (Å²) in [6.07, 6.45) is 1.02. The quantitative estimate of drug-likeness (QED) is 0.616. The zero-order valence-corrected chi connectivity index (χ0v) is 9.93. The van der Waals surface area contributed by atoms with Crippen molar-refractivity contribution in [2.45, 2.75) is 13.8 Å². The number of rotatable bonds is 3. The lowest BCUT2D eigenvalue weighted by Crippen LogP contribution is -2.13. The molecule has 19 heavy (non-hydrogen) atoms. The Morgan fingerprint density at radius 3 is 2.63 bits per heavy atom. The van der Waals surface area contributed by atoms with Crippen LogP contribution in [0.4, 0.5) is 5.95 Å². The molecule has 0 fully saturated rings. The molecule has 0 spiro atoms. The molecule has 10 nitrogen and oxygen atoms in total. The maximum Gasteiger partial charge on any atom is 0.491 e. The van der Waals surface area contributed by atoms with Crippen LogP contribution < -0.4 is 0 Å². The molecule has 0 bridgehead atoms. The zero-order valence-electron chi connectivity index (χ0n) is 9.93. The van der Waals surface area contributed by atoms with Gasteiger partial charge in [0.15, 0.2) is 0 Å². The van der Waals surface area contributed by atoms with E-state index in [0.717, 1.165) is 11.0 Å². The van der Waals surface area contributed by atoms with E-state index in [0.29, 0.717) is 11.3 Å². The molecule has 98 valence electrons. The van der Waals surface area contributed by atoms with E-state index in [1.165, 1.54) is 0 Å². The number of hydrogen-bond donors (Lipinski definition) is 1. The molecule has 2 aromatic rings. The van der Waals surface area contributed by atoms with E-state index in [1.54, 1.807) is 13.8 Å². The van der Waals surface area contributed by atoms with Crippen LogP contribution in [0.25, 0.3) is 5.82 Å². The standard InChI is InChI=1S/C9H8N6O4/c1-4-5(2)11-12-7(6(4)8(16)17)14-3-10-9(13-14)15(18)19/h3H,1-2H3,(H,16,17). The predicted molar refractivity (Wildman–Crippen MR) is 60.0 cm³/mol. The molecule has 0 radical (unpaired) electrons. The first-order valence-electron chi connectivity index (χ1n) is 5.05. The Morgan fingerprint density at radius 1 is 1.42 bits per heavy atom. The maximum atomic E-state index is 11.2. The van der Waals surface area contributed by atoms with Crippen molar-refractivity contribution in [3.63, 3.8) is 0 Å². The number of nitro groups is 1. The van der Waals surface area contributed by atoms with Crippen LogP contribution in [-0.4, -0.2) is 41.0 Å². The lowest BCUT2D eigenvalue weighted by Gasteiger charge is -2.06. The van der Waals surface area contributed by atoms with Crippen LogP contribution in [0.5, 0.6) is 0 Å². The van der Waals surface area contributed by atoms with Crippen molar-refractivity contribution in [2.75, 3.05) is 0 Å². The Hall–Kier alpha value is -2.91. The van der Waals surface area contributed by atoms with Gasteiger partial charge >= 0.3 is 11.9 Å². The van der Waals surface area contributed by atoms with E-state index in [9.17, 15) is 20.0 Å². The highest BCUT2D eigenvalue weighted by atomic mass is 16.6. The lowest BCUT2D eigenvalue weighted by molar-refractivity contribution is -0.394. The van der Waals surface area contributed by atoms with Gasteiger partial charge in [-0.3, -0.25) is 0 Å². The van der Waals surface area contributed by atoms with Crippen molar-refractivity contribution >= 4 is 11.9 Å². The normalized spacial score (nSPS) is 10.4. The van der Waals surface area contributed by atoms with E-state index in [2.05, 4.69) is 20.3 Å². The molecule has 0 aliphatic carbocycles. The molecule has 0 aliphatic rings. The highest BCUT2D eigenvalue weighted by molar-refractivity contribution is 5.92. The van der Waals surface area contributed by atoms with E-state index in [1.807, 2.05) is 0 Å². The molecular weight excluding hydrogens is 256 g/mol. The molecular formula is C9H8N6O4. The Labute approximate surface area is 105 Å². The average Bonchev–Trinajstić information content (AvgIpc) is 2.81. The molecule has 0 saturated carbocycles. The molecule has 0 unspecified atom stereocenters. The smallest absolute Gasteiger partial charge is 0.478 e. The fourth-order valence-corrected chi connectivity index (χ4v) is 1.45. The number of carboxylic acids is 1. The zero-order chi connectivity index (χ0) is 14.2. The van der Waals surface area contributed by atoms with Gasteiger partial charge in [0, 0.05) is 5.10 Å². The van der Waals surface area contributed by atoms with Crippen LogP contribution in [0.1, 0.15) is 21.6 Å². The van der Waals surface area contributed by atoms with Gasteiger partial charge < -0.3 is 15.2 Å². The topological polar surface area (TPSA) is 137 Å². The van der Waals surface area contributed by atoms with E-state index < -0.39 is 16.8 Å². The lowest BCUT2D eigenvalue weighted by atomic mass is 10.1. The van der Waals surface area contributed by atoms with Crippen molar-refractivity contribution in [1.82, 2.24) is 25.0 Å². The predicted octanol–water partition coefficient (Wildman–Crippen LogP) is 0.281. The number of aryl methyl sites for hydroxylation is 1. The molecule has 2 heterocycles. The Kier molecular flexibility index (Phi) is 2.91. The van der Waals surface area contributed by atoms with Gasteiger partial charge in [0.05, 0.1) is 5.69 Å². The third-order valence-corrected chi connectivity index (χ3v) is 2.51. The van der Waals surface area contributed by atoms with Gasteiger partial charge in [-0.15, -0.1) is 9.78 Å². The van der Waals surface area contributed by atoms with E-state index in [-0.39, 0.29) is 11.4 Å². The number of carbonyl (C=O) groups is 1. The fraction of sp³-hybridized carbons (Fsp3) is 0.222. The van der Waals surface area contributed by atoms with Crippen molar-refractivity contribution in [1.29, 1.82) is 0 Å². The molecule has 2 aromatic heterocycles. The second-order valence-electron chi connectivity index (χ2n) is 3.66. The summed E-state index contributed by atoms with van der Waals surface area (Å²) in [6, 6.07) is 0. The van der Waals surface area contributed by atoms with Crippen molar-refractivity contribution < 1.29 is 14.8 Å². The van der Waals surface area contributed by atoms with Crippen molar-refractivity contribution in [2.24, 2.45) is 0 Å². The van der Waals surface area contributed by atoms with Gasteiger partial charge in [-0.05, 0) is 24.3 Å². The molecule has 0 saturated heterocycles. The third-order valence-electron chi connectivity index (χ3n) is 2.51. The number of nitrogens with zero attached hydrogens (tertiary/aromatic N) is 6.